The first kappa shape index (κ1) is 15.3. The average Bonchev–Trinajstić information content (AvgIpc) is 2.46. The van der Waals surface area contributed by atoms with Gasteiger partial charge in [-0.05, 0) is 29.5 Å². The van der Waals surface area contributed by atoms with Crippen molar-refractivity contribution < 1.29 is 4.74 Å². The number of nitrogen functional groups attached to an aromatic ring is 1. The Morgan fingerprint density at radius 3 is 2.33 bits per heavy atom. The smallest absolute Gasteiger partial charge is 0.227 e. The molecule has 21 heavy (non-hydrogen) atoms. The van der Waals surface area contributed by atoms with Gasteiger partial charge >= 0.3 is 0 Å². The Balaban J connectivity index is 2.26. The highest BCUT2D eigenvalue weighted by molar-refractivity contribution is 5.49. The van der Waals surface area contributed by atoms with Crippen LogP contribution in [-0.4, -0.2) is 9.97 Å². The van der Waals surface area contributed by atoms with Crippen molar-refractivity contribution in [2.24, 2.45) is 5.84 Å². The number of aromatic nitrogens is 2. The number of nitrogens with two attached hydrogens (primary N) is 1. The van der Waals surface area contributed by atoms with Gasteiger partial charge in [-0.25, -0.2) is 15.8 Å². The maximum absolute atomic E-state index is 5.86. The van der Waals surface area contributed by atoms with Gasteiger partial charge in [-0.3, -0.25) is 0 Å². The molecular weight excluding hydrogens is 264 g/mol. The van der Waals surface area contributed by atoms with E-state index in [2.05, 4.69) is 48.3 Å². The monoisotopic (exact) mass is 286 g/mol. The minimum atomic E-state index is 0.124. The Kier molecular flexibility index (Phi) is 4.43. The van der Waals surface area contributed by atoms with Crippen LogP contribution < -0.4 is 16.0 Å². The van der Waals surface area contributed by atoms with Gasteiger partial charge in [0, 0.05) is 0 Å². The van der Waals surface area contributed by atoms with E-state index in [0.29, 0.717) is 11.7 Å². The second-order valence-electron chi connectivity index (χ2n) is 5.88. The number of hydrazine groups is 1. The van der Waals surface area contributed by atoms with Gasteiger partial charge in [-0.15, -0.1) is 0 Å². The molecule has 0 radical (unpaired) electrons. The summed E-state index contributed by atoms with van der Waals surface area (Å²) >= 11 is 0. The molecule has 2 rings (SSSR count). The van der Waals surface area contributed by atoms with E-state index in [9.17, 15) is 0 Å². The number of ether oxygens (including phenoxy) is 1. The van der Waals surface area contributed by atoms with Gasteiger partial charge in [-0.1, -0.05) is 39.8 Å². The molecule has 5 heteroatoms. The molecular formula is C16H22N4O. The van der Waals surface area contributed by atoms with Crippen molar-refractivity contribution in [1.82, 2.24) is 9.97 Å². The molecule has 112 valence electrons. The molecule has 0 saturated carbocycles. The third-order valence-corrected chi connectivity index (χ3v) is 3.33. The van der Waals surface area contributed by atoms with E-state index >= 15 is 0 Å². The molecule has 1 aromatic heterocycles. The zero-order chi connectivity index (χ0) is 15.5. The van der Waals surface area contributed by atoms with E-state index in [1.165, 1.54) is 11.9 Å². The number of nitrogens with zero attached hydrogens (tertiary/aromatic N) is 2. The van der Waals surface area contributed by atoms with E-state index in [1.54, 1.807) is 0 Å². The highest BCUT2D eigenvalue weighted by Gasteiger charge is 2.14. The largest absolute Gasteiger partial charge is 0.439 e. The maximum Gasteiger partial charge on any atom is 0.227 e. The Bertz CT molecular complexity index is 603. The van der Waals surface area contributed by atoms with Gasteiger partial charge in [-0.2, -0.15) is 0 Å². The molecule has 5 nitrogen and oxygen atoms in total. The summed E-state index contributed by atoms with van der Waals surface area (Å²) < 4.78 is 5.86. The summed E-state index contributed by atoms with van der Waals surface area (Å²) in [6.07, 6.45) is 2.17. The van der Waals surface area contributed by atoms with E-state index in [1.807, 2.05) is 19.1 Å². The molecule has 0 fully saturated rings. The van der Waals surface area contributed by atoms with Gasteiger partial charge in [0.05, 0.1) is 5.56 Å². The van der Waals surface area contributed by atoms with Crippen molar-refractivity contribution in [3.63, 3.8) is 0 Å². The Morgan fingerprint density at radius 2 is 1.81 bits per heavy atom. The lowest BCUT2D eigenvalue weighted by molar-refractivity contribution is 0.454. The fourth-order valence-electron chi connectivity index (χ4n) is 2.06. The summed E-state index contributed by atoms with van der Waals surface area (Å²) in [5, 5.41) is 0. The first-order valence-electron chi connectivity index (χ1n) is 7.04. The molecule has 0 bridgehead atoms. The van der Waals surface area contributed by atoms with Crippen molar-refractivity contribution >= 4 is 5.82 Å². The van der Waals surface area contributed by atoms with Crippen LogP contribution in [0.15, 0.2) is 30.6 Å². The van der Waals surface area contributed by atoms with Crippen LogP contribution in [0.2, 0.25) is 0 Å². The maximum atomic E-state index is 5.86. The highest BCUT2D eigenvalue weighted by Crippen LogP contribution is 2.29. The molecule has 0 aliphatic carbocycles. The number of benzene rings is 1. The Hall–Kier alpha value is -2.14. The Morgan fingerprint density at radius 1 is 1.14 bits per heavy atom. The summed E-state index contributed by atoms with van der Waals surface area (Å²) in [5.41, 5.74) is 4.82. The van der Waals surface area contributed by atoms with Crippen molar-refractivity contribution in [1.29, 1.82) is 0 Å². The summed E-state index contributed by atoms with van der Waals surface area (Å²) in [6, 6.07) is 8.06. The molecule has 0 unspecified atom stereocenters. The topological polar surface area (TPSA) is 73.1 Å². The molecule has 0 atom stereocenters. The minimum Gasteiger partial charge on any atom is -0.439 e. The standard InChI is InChI=1S/C16H22N4O/c1-5-13-14(20-17)18-10-19-15(13)21-12-8-6-11(7-9-12)16(2,3)4/h6-10H,5,17H2,1-4H3,(H,18,19,20). The molecule has 0 aliphatic heterocycles. The third-order valence-electron chi connectivity index (χ3n) is 3.33. The lowest BCUT2D eigenvalue weighted by Gasteiger charge is -2.19. The van der Waals surface area contributed by atoms with Gasteiger partial charge in [0.25, 0.3) is 0 Å². The van der Waals surface area contributed by atoms with Crippen molar-refractivity contribution in [3.05, 3.63) is 41.7 Å². The van der Waals surface area contributed by atoms with Crippen LogP contribution in [0.5, 0.6) is 11.6 Å². The predicted molar refractivity (Wildman–Crippen MR) is 84.4 cm³/mol. The second-order valence-corrected chi connectivity index (χ2v) is 5.88. The predicted octanol–water partition coefficient (Wildman–Crippen LogP) is 3.41. The molecule has 0 amide bonds. The SMILES string of the molecule is CCc1c(NN)ncnc1Oc1ccc(C(C)(C)C)cc1. The number of hydrogen-bond acceptors (Lipinski definition) is 5. The molecule has 0 aliphatic rings. The molecule has 1 heterocycles. The van der Waals surface area contributed by atoms with Crippen LogP contribution in [0.3, 0.4) is 0 Å². The fraction of sp³-hybridized carbons (Fsp3) is 0.375. The summed E-state index contributed by atoms with van der Waals surface area (Å²) in [6.45, 7) is 8.56. The normalized spacial score (nSPS) is 11.3. The van der Waals surface area contributed by atoms with E-state index < -0.39 is 0 Å². The van der Waals surface area contributed by atoms with Crippen LogP contribution in [0.25, 0.3) is 0 Å². The van der Waals surface area contributed by atoms with Crippen LogP contribution in [0.1, 0.15) is 38.8 Å². The van der Waals surface area contributed by atoms with Crippen molar-refractivity contribution in [2.75, 3.05) is 5.43 Å². The molecule has 3 N–H and O–H groups in total. The van der Waals surface area contributed by atoms with Gasteiger partial charge in [0.2, 0.25) is 5.88 Å². The van der Waals surface area contributed by atoms with Crippen molar-refractivity contribution in [2.45, 2.75) is 39.5 Å². The zero-order valence-electron chi connectivity index (χ0n) is 13.0. The average molecular weight is 286 g/mol. The van der Waals surface area contributed by atoms with Crippen molar-refractivity contribution in [3.8, 4) is 11.6 Å². The Labute approximate surface area is 125 Å². The highest BCUT2D eigenvalue weighted by atomic mass is 16.5. The lowest BCUT2D eigenvalue weighted by atomic mass is 9.87. The first-order valence-corrected chi connectivity index (χ1v) is 7.04. The van der Waals surface area contributed by atoms with E-state index in [0.717, 1.165) is 17.7 Å². The number of hydrogen-bond donors (Lipinski definition) is 2. The van der Waals surface area contributed by atoms with E-state index in [-0.39, 0.29) is 5.41 Å². The summed E-state index contributed by atoms with van der Waals surface area (Å²) in [5.74, 6) is 7.33. The van der Waals surface area contributed by atoms with Gasteiger partial charge in [0.15, 0.2) is 0 Å². The molecule has 0 spiro atoms. The van der Waals surface area contributed by atoms with Crippen LogP contribution in [0.4, 0.5) is 5.82 Å². The van der Waals surface area contributed by atoms with Gasteiger partial charge < -0.3 is 10.2 Å². The number of nitrogens with one attached hydrogen (secondary N) is 1. The van der Waals surface area contributed by atoms with Crippen LogP contribution >= 0.6 is 0 Å². The minimum absolute atomic E-state index is 0.124. The van der Waals surface area contributed by atoms with E-state index in [4.69, 9.17) is 10.6 Å². The van der Waals surface area contributed by atoms with Crippen LogP contribution in [-0.2, 0) is 11.8 Å². The summed E-state index contributed by atoms with van der Waals surface area (Å²) in [7, 11) is 0. The fourth-order valence-corrected chi connectivity index (χ4v) is 2.06. The number of anilines is 1. The molecule has 0 saturated heterocycles. The summed E-state index contributed by atoms with van der Waals surface area (Å²) in [4.78, 5) is 8.29. The van der Waals surface area contributed by atoms with Crippen LogP contribution in [0, 0.1) is 0 Å². The zero-order valence-corrected chi connectivity index (χ0v) is 13.0. The quantitative estimate of drug-likeness (QED) is 0.665. The second kappa shape index (κ2) is 6.10. The molecule has 1 aromatic carbocycles. The number of rotatable bonds is 4. The third kappa shape index (κ3) is 3.49. The first-order chi connectivity index (χ1) is 9.95. The molecule has 2 aromatic rings. The van der Waals surface area contributed by atoms with Gasteiger partial charge in [0.1, 0.15) is 17.9 Å². The lowest BCUT2D eigenvalue weighted by Crippen LogP contribution is -2.12.